The predicted octanol–water partition coefficient (Wildman–Crippen LogP) is 3.08. The van der Waals surface area contributed by atoms with Gasteiger partial charge < -0.3 is 4.74 Å². The summed E-state index contributed by atoms with van der Waals surface area (Å²) >= 11 is 8.21. The first-order valence-corrected chi connectivity index (χ1v) is 6.20. The van der Waals surface area contributed by atoms with E-state index >= 15 is 0 Å². The van der Waals surface area contributed by atoms with Gasteiger partial charge in [-0.15, -0.1) is 0 Å². The van der Waals surface area contributed by atoms with Crippen LogP contribution in [0.2, 0.25) is 5.15 Å². The number of methoxy groups -OCH3 is 1. The smallest absolute Gasteiger partial charge is 0.156 e. The van der Waals surface area contributed by atoms with Crippen LogP contribution in [-0.2, 0) is 17.8 Å². The molecule has 3 nitrogen and oxygen atoms in total. The molecule has 0 saturated carbocycles. The van der Waals surface area contributed by atoms with E-state index in [-0.39, 0.29) is 0 Å². The summed E-state index contributed by atoms with van der Waals surface area (Å²) in [5.74, 6) is 1.21. The van der Waals surface area contributed by atoms with E-state index < -0.39 is 0 Å². The van der Waals surface area contributed by atoms with E-state index in [9.17, 15) is 0 Å². The first-order valence-electron chi connectivity index (χ1n) is 4.74. The fourth-order valence-corrected chi connectivity index (χ4v) is 1.89. The molecule has 1 aromatic rings. The third-order valence-corrected chi connectivity index (χ3v) is 3.53. The Labute approximate surface area is 109 Å². The highest BCUT2D eigenvalue weighted by Crippen LogP contribution is 2.21. The standard InChI is InChI=1S/C10H14ClIN2O/c1-6(2)4-7-9(12)10(11)14-8(13-7)5-15-3/h6H,4-5H2,1-3H3. The van der Waals surface area contributed by atoms with Crippen molar-refractivity contribution in [2.45, 2.75) is 26.9 Å². The third-order valence-electron chi connectivity index (χ3n) is 1.80. The number of hydrogen-bond acceptors (Lipinski definition) is 3. The molecule has 1 heterocycles. The van der Waals surface area contributed by atoms with Gasteiger partial charge in [0.05, 0.1) is 9.26 Å². The number of hydrogen-bond donors (Lipinski definition) is 0. The summed E-state index contributed by atoms with van der Waals surface area (Å²) in [4.78, 5) is 8.59. The molecule has 1 rings (SSSR count). The lowest BCUT2D eigenvalue weighted by molar-refractivity contribution is 0.177. The molecule has 0 N–H and O–H groups in total. The van der Waals surface area contributed by atoms with Gasteiger partial charge in [-0.2, -0.15) is 0 Å². The molecule has 0 unspecified atom stereocenters. The molecule has 84 valence electrons. The van der Waals surface area contributed by atoms with Gasteiger partial charge in [0.25, 0.3) is 0 Å². The Morgan fingerprint density at radius 3 is 2.60 bits per heavy atom. The lowest BCUT2D eigenvalue weighted by atomic mass is 10.1. The van der Waals surface area contributed by atoms with Gasteiger partial charge in [0, 0.05) is 7.11 Å². The van der Waals surface area contributed by atoms with Gasteiger partial charge in [0.1, 0.15) is 11.8 Å². The minimum atomic E-state index is 0.404. The van der Waals surface area contributed by atoms with Crippen molar-refractivity contribution >= 4 is 34.2 Å². The largest absolute Gasteiger partial charge is 0.377 e. The first kappa shape index (κ1) is 13.1. The SMILES string of the molecule is COCc1nc(Cl)c(I)c(CC(C)C)n1. The highest BCUT2D eigenvalue weighted by atomic mass is 127. The van der Waals surface area contributed by atoms with Crippen LogP contribution in [0.4, 0.5) is 0 Å². The fourth-order valence-electron chi connectivity index (χ4n) is 1.23. The summed E-state index contributed by atoms with van der Waals surface area (Å²) in [7, 11) is 1.62. The lowest BCUT2D eigenvalue weighted by Crippen LogP contribution is -2.07. The van der Waals surface area contributed by atoms with Crippen LogP contribution >= 0.6 is 34.2 Å². The van der Waals surface area contributed by atoms with Gasteiger partial charge >= 0.3 is 0 Å². The number of halogens is 2. The first-order chi connectivity index (χ1) is 7.04. The second-order valence-corrected chi connectivity index (χ2v) is 5.16. The van der Waals surface area contributed by atoms with Crippen LogP contribution in [0, 0.1) is 9.49 Å². The van der Waals surface area contributed by atoms with Gasteiger partial charge in [-0.25, -0.2) is 9.97 Å². The maximum Gasteiger partial charge on any atom is 0.156 e. The highest BCUT2D eigenvalue weighted by molar-refractivity contribution is 14.1. The molecule has 15 heavy (non-hydrogen) atoms. The minimum Gasteiger partial charge on any atom is -0.377 e. The summed E-state index contributed by atoms with van der Waals surface area (Å²) in [5.41, 5.74) is 1.01. The Balaban J connectivity index is 3.01. The Bertz CT molecular complexity index is 344. The zero-order chi connectivity index (χ0) is 11.4. The lowest BCUT2D eigenvalue weighted by Gasteiger charge is -2.09. The molecule has 0 saturated heterocycles. The number of rotatable bonds is 4. The van der Waals surface area contributed by atoms with Crippen molar-refractivity contribution in [3.8, 4) is 0 Å². The van der Waals surface area contributed by atoms with Crippen molar-refractivity contribution in [1.29, 1.82) is 0 Å². The number of aromatic nitrogens is 2. The predicted molar refractivity (Wildman–Crippen MR) is 69.0 cm³/mol. The molecule has 1 aromatic heterocycles. The third kappa shape index (κ3) is 3.85. The molecule has 0 aliphatic heterocycles. The van der Waals surface area contributed by atoms with Crippen molar-refractivity contribution in [2.24, 2.45) is 5.92 Å². The number of nitrogens with zero attached hydrogens (tertiary/aromatic N) is 2. The molecule has 0 fully saturated rings. The van der Waals surface area contributed by atoms with Crippen LogP contribution in [0.1, 0.15) is 25.4 Å². The average Bonchev–Trinajstić information content (AvgIpc) is 2.13. The molecule has 0 aliphatic carbocycles. The van der Waals surface area contributed by atoms with Crippen molar-refractivity contribution in [2.75, 3.05) is 7.11 Å². The van der Waals surface area contributed by atoms with Gasteiger partial charge in [-0.1, -0.05) is 25.4 Å². The zero-order valence-electron chi connectivity index (χ0n) is 9.05. The van der Waals surface area contributed by atoms with Gasteiger partial charge in [0.15, 0.2) is 5.82 Å². The summed E-state index contributed by atoms with van der Waals surface area (Å²) in [6.07, 6.45) is 0.914. The highest BCUT2D eigenvalue weighted by Gasteiger charge is 2.11. The molecule has 0 amide bonds. The van der Waals surface area contributed by atoms with E-state index in [1.165, 1.54) is 0 Å². The maximum atomic E-state index is 6.02. The molecular formula is C10H14ClIN2O. The second kappa shape index (κ2) is 5.96. The summed E-state index contributed by atoms with van der Waals surface area (Å²) in [6, 6.07) is 0. The van der Waals surface area contributed by atoms with Gasteiger partial charge in [-0.3, -0.25) is 0 Å². The summed E-state index contributed by atoms with van der Waals surface area (Å²) < 4.78 is 5.94. The van der Waals surface area contributed by atoms with Crippen LogP contribution in [0.25, 0.3) is 0 Å². The number of ether oxygens (including phenoxy) is 1. The topological polar surface area (TPSA) is 35.0 Å². The molecule has 0 spiro atoms. The molecule has 0 aliphatic rings. The van der Waals surface area contributed by atoms with E-state index in [1.54, 1.807) is 7.11 Å². The fraction of sp³-hybridized carbons (Fsp3) is 0.600. The van der Waals surface area contributed by atoms with Crippen molar-refractivity contribution in [3.63, 3.8) is 0 Å². The molecule has 0 aromatic carbocycles. The molecule has 0 radical (unpaired) electrons. The van der Waals surface area contributed by atoms with Crippen LogP contribution in [0.5, 0.6) is 0 Å². The van der Waals surface area contributed by atoms with Gasteiger partial charge in [-0.05, 0) is 34.9 Å². The zero-order valence-corrected chi connectivity index (χ0v) is 12.0. The van der Waals surface area contributed by atoms with Gasteiger partial charge in [0.2, 0.25) is 0 Å². The normalized spacial score (nSPS) is 11.1. The Hall–Kier alpha value is 0.0600. The Morgan fingerprint density at radius 1 is 1.40 bits per heavy atom. The molecular weight excluding hydrogens is 326 g/mol. The molecule has 0 atom stereocenters. The van der Waals surface area contributed by atoms with Crippen LogP contribution in [0.15, 0.2) is 0 Å². The Morgan fingerprint density at radius 2 is 2.07 bits per heavy atom. The van der Waals surface area contributed by atoms with Crippen molar-refractivity contribution in [1.82, 2.24) is 9.97 Å². The van der Waals surface area contributed by atoms with E-state index in [0.29, 0.717) is 23.5 Å². The van der Waals surface area contributed by atoms with Crippen LogP contribution in [0.3, 0.4) is 0 Å². The van der Waals surface area contributed by atoms with Crippen LogP contribution < -0.4 is 0 Å². The van der Waals surface area contributed by atoms with Crippen molar-refractivity contribution < 1.29 is 4.74 Å². The van der Waals surface area contributed by atoms with Crippen LogP contribution in [-0.4, -0.2) is 17.1 Å². The van der Waals surface area contributed by atoms with E-state index in [2.05, 4.69) is 46.4 Å². The quantitative estimate of drug-likeness (QED) is 0.624. The Kier molecular flexibility index (Phi) is 5.22. The minimum absolute atomic E-state index is 0.404. The summed E-state index contributed by atoms with van der Waals surface area (Å²) in [6.45, 7) is 4.71. The average molecular weight is 341 g/mol. The molecule has 0 bridgehead atoms. The van der Waals surface area contributed by atoms with E-state index in [0.717, 1.165) is 15.7 Å². The van der Waals surface area contributed by atoms with Crippen molar-refractivity contribution in [3.05, 3.63) is 20.2 Å². The summed E-state index contributed by atoms with van der Waals surface area (Å²) in [5, 5.41) is 0.522. The second-order valence-electron chi connectivity index (χ2n) is 3.72. The molecule has 5 heteroatoms. The van der Waals surface area contributed by atoms with E-state index in [4.69, 9.17) is 16.3 Å². The maximum absolute atomic E-state index is 6.02. The van der Waals surface area contributed by atoms with E-state index in [1.807, 2.05) is 0 Å². The monoisotopic (exact) mass is 340 g/mol.